The van der Waals surface area contributed by atoms with Crippen molar-refractivity contribution in [1.82, 2.24) is 25.8 Å². The normalized spacial score (nSPS) is 17.5. The van der Waals surface area contributed by atoms with Gasteiger partial charge in [-0.25, -0.2) is 14.4 Å². The Labute approximate surface area is 399 Å². The Bertz CT molecular complexity index is 2380. The standard InChI is InChI=1S/C50H59N5O14/c1-63-40-24-34(25-41(64-2)46(40)57)43-36-26-39-35(30-68-69-39)23-37(36)45(38-31-65-47(58)44(38)43)53-42(56)27-51-17-11-22-55(50(62)67-29-33-15-7-4-8-16-33)20-10-9-19-54(49(60)61)21-12-18-52-48(59)66-28-32-13-5-3-6-14-32/h3-8,13-16,23-26,38,43-45,51,57H,9-12,17-22,27-31H2,1-2H3,(H,52,59)(H,53,56)(H,60,61). The summed E-state index contributed by atoms with van der Waals surface area (Å²) in [4.78, 5) is 78.4. The smallest absolute Gasteiger partial charge is 0.410 e. The van der Waals surface area contributed by atoms with Gasteiger partial charge >= 0.3 is 24.2 Å². The molecule has 5 N–H and O–H groups in total. The summed E-state index contributed by atoms with van der Waals surface area (Å²) in [6.07, 6.45) is -0.342. The number of carboxylic acid groups (broad SMARTS) is 1. The largest absolute Gasteiger partial charge is 0.502 e. The average Bonchev–Trinajstić information content (AvgIpc) is 3.99. The van der Waals surface area contributed by atoms with Gasteiger partial charge in [0.1, 0.15) is 19.8 Å². The molecule has 2 heterocycles. The number of carbonyl (C=O) groups excluding carboxylic acids is 4. The van der Waals surface area contributed by atoms with Gasteiger partial charge < -0.3 is 64.5 Å². The molecule has 0 saturated carbocycles. The fourth-order valence-electron chi connectivity index (χ4n) is 8.94. The number of nitrogens with one attached hydrogen (secondary N) is 3. The summed E-state index contributed by atoms with van der Waals surface area (Å²) in [7, 11) is 2.85. The molecule has 19 heteroatoms. The van der Waals surface area contributed by atoms with Crippen LogP contribution in [0, 0.1) is 11.8 Å². The number of alkyl carbamates (subject to hydrolysis) is 1. The lowest BCUT2D eigenvalue weighted by atomic mass is 9.65. The Morgan fingerprint density at radius 3 is 2.06 bits per heavy atom. The second-order valence-corrected chi connectivity index (χ2v) is 16.9. The molecule has 4 amide bonds. The molecule has 368 valence electrons. The number of cyclic esters (lactones) is 1. The van der Waals surface area contributed by atoms with E-state index in [1.54, 1.807) is 17.0 Å². The van der Waals surface area contributed by atoms with Crippen LogP contribution in [0.5, 0.6) is 23.0 Å². The molecule has 0 spiro atoms. The minimum atomic E-state index is -1.08. The lowest BCUT2D eigenvalue weighted by molar-refractivity contribution is -0.194. The maximum absolute atomic E-state index is 13.7. The highest BCUT2D eigenvalue weighted by Crippen LogP contribution is 2.54. The molecular formula is C50H59N5O14. The van der Waals surface area contributed by atoms with Crippen LogP contribution in [-0.4, -0.2) is 117 Å². The highest BCUT2D eigenvalue weighted by Gasteiger charge is 2.53. The molecule has 1 aliphatic carbocycles. The van der Waals surface area contributed by atoms with Crippen molar-refractivity contribution in [1.29, 1.82) is 0 Å². The molecule has 4 aromatic rings. The summed E-state index contributed by atoms with van der Waals surface area (Å²) in [5.74, 6) is -1.80. The first kappa shape index (κ1) is 49.6. The molecule has 69 heavy (non-hydrogen) atoms. The average molecular weight is 954 g/mol. The van der Waals surface area contributed by atoms with E-state index >= 15 is 0 Å². The number of benzene rings is 4. The molecule has 2 aliphatic heterocycles. The summed E-state index contributed by atoms with van der Waals surface area (Å²) in [5, 5.41) is 29.5. The van der Waals surface area contributed by atoms with E-state index in [1.165, 1.54) is 19.1 Å². The Morgan fingerprint density at radius 2 is 1.39 bits per heavy atom. The molecule has 1 fully saturated rings. The van der Waals surface area contributed by atoms with Crippen molar-refractivity contribution < 1.29 is 67.6 Å². The summed E-state index contributed by atoms with van der Waals surface area (Å²) in [6.45, 7) is 2.09. The first-order valence-electron chi connectivity index (χ1n) is 23.0. The van der Waals surface area contributed by atoms with Crippen LogP contribution in [-0.2, 0) is 48.5 Å². The number of amides is 4. The van der Waals surface area contributed by atoms with Gasteiger partial charge in [-0.15, -0.1) is 0 Å². The maximum Gasteiger partial charge on any atom is 0.410 e. The van der Waals surface area contributed by atoms with Crippen LogP contribution in [0.3, 0.4) is 0 Å². The van der Waals surface area contributed by atoms with Crippen LogP contribution in [0.4, 0.5) is 14.4 Å². The molecular weight excluding hydrogens is 895 g/mol. The number of fused-ring (bicyclic) bond motifs is 3. The van der Waals surface area contributed by atoms with Gasteiger partial charge in [-0.1, -0.05) is 60.7 Å². The summed E-state index contributed by atoms with van der Waals surface area (Å²) < 4.78 is 27.5. The van der Waals surface area contributed by atoms with E-state index in [2.05, 4.69) is 16.0 Å². The number of rotatable bonds is 23. The predicted molar refractivity (Wildman–Crippen MR) is 248 cm³/mol. The number of ether oxygens (including phenoxy) is 5. The first-order chi connectivity index (χ1) is 33.5. The quantitative estimate of drug-likeness (QED) is 0.0248. The Balaban J connectivity index is 0.918. The number of unbranched alkanes of at least 4 members (excludes halogenated alkanes) is 1. The zero-order valence-corrected chi connectivity index (χ0v) is 38.7. The van der Waals surface area contributed by atoms with E-state index < -0.39 is 48.0 Å². The van der Waals surface area contributed by atoms with Gasteiger partial charge in [-0.05, 0) is 84.3 Å². The topological polar surface area (TPSA) is 233 Å². The highest BCUT2D eigenvalue weighted by atomic mass is 17.2. The third-order valence-corrected chi connectivity index (χ3v) is 12.4. The molecule has 7 rings (SSSR count). The van der Waals surface area contributed by atoms with Crippen molar-refractivity contribution in [3.05, 3.63) is 118 Å². The number of nitrogens with zero attached hydrogens (tertiary/aromatic N) is 2. The van der Waals surface area contributed by atoms with Gasteiger partial charge in [0, 0.05) is 50.1 Å². The summed E-state index contributed by atoms with van der Waals surface area (Å²) >= 11 is 0. The summed E-state index contributed by atoms with van der Waals surface area (Å²) in [6, 6.07) is 25.1. The molecule has 0 radical (unpaired) electrons. The van der Waals surface area contributed by atoms with Gasteiger partial charge in [0.15, 0.2) is 17.2 Å². The van der Waals surface area contributed by atoms with Gasteiger partial charge in [-0.3, -0.25) is 9.59 Å². The van der Waals surface area contributed by atoms with Gasteiger partial charge in [-0.2, -0.15) is 4.89 Å². The number of phenols is 1. The number of esters is 1. The molecule has 0 bridgehead atoms. The number of methoxy groups -OCH3 is 2. The van der Waals surface area contributed by atoms with Gasteiger partial charge in [0.05, 0.1) is 39.3 Å². The molecule has 4 unspecified atom stereocenters. The fourth-order valence-corrected chi connectivity index (χ4v) is 8.94. The van der Waals surface area contributed by atoms with Crippen molar-refractivity contribution in [2.24, 2.45) is 11.8 Å². The minimum absolute atomic E-state index is 0.0567. The summed E-state index contributed by atoms with van der Waals surface area (Å²) in [5.41, 5.74) is 4.60. The number of phenolic OH excluding ortho intramolecular Hbond substituents is 1. The maximum atomic E-state index is 13.7. The van der Waals surface area contributed by atoms with E-state index in [-0.39, 0.29) is 75.8 Å². The lowest BCUT2D eigenvalue weighted by Crippen LogP contribution is -2.45. The van der Waals surface area contributed by atoms with Gasteiger partial charge in [0.25, 0.3) is 0 Å². The SMILES string of the molecule is COc1cc(C2c3cc4c(cc3C(NC(=O)CNCCCN(CCCCN(CCCNC(=O)OCc3ccccc3)C(=O)O)C(=O)OCc3ccccc3)C3COC(=O)C23)COO4)cc(OC)c1O. The van der Waals surface area contributed by atoms with Gasteiger partial charge in [0.2, 0.25) is 11.7 Å². The molecule has 3 aliphatic rings. The van der Waals surface area contributed by atoms with Crippen LogP contribution in [0.15, 0.2) is 84.9 Å². The van der Waals surface area contributed by atoms with Crippen LogP contribution in [0.1, 0.15) is 71.0 Å². The van der Waals surface area contributed by atoms with E-state index in [0.29, 0.717) is 62.2 Å². The van der Waals surface area contributed by atoms with Crippen molar-refractivity contribution in [3.63, 3.8) is 0 Å². The third kappa shape index (κ3) is 12.8. The van der Waals surface area contributed by atoms with Crippen LogP contribution >= 0.6 is 0 Å². The van der Waals surface area contributed by atoms with Crippen LogP contribution < -0.4 is 30.3 Å². The fraction of sp³-hybridized carbons (Fsp3) is 0.420. The monoisotopic (exact) mass is 953 g/mol. The van der Waals surface area contributed by atoms with Crippen molar-refractivity contribution >= 4 is 30.2 Å². The highest BCUT2D eigenvalue weighted by molar-refractivity contribution is 5.81. The van der Waals surface area contributed by atoms with E-state index in [1.807, 2.05) is 72.8 Å². The number of carbonyl (C=O) groups is 5. The van der Waals surface area contributed by atoms with E-state index in [0.717, 1.165) is 22.3 Å². The molecule has 19 nitrogen and oxygen atoms in total. The second-order valence-electron chi connectivity index (χ2n) is 16.9. The van der Waals surface area contributed by atoms with Crippen molar-refractivity contribution in [2.75, 3.05) is 66.6 Å². The minimum Gasteiger partial charge on any atom is -0.502 e. The molecule has 4 aromatic carbocycles. The van der Waals surface area contributed by atoms with E-state index in [4.69, 9.17) is 33.5 Å². The molecule has 4 atom stereocenters. The Kier molecular flexibility index (Phi) is 17.4. The van der Waals surface area contributed by atoms with E-state index in [9.17, 15) is 34.2 Å². The number of hydrogen-bond acceptors (Lipinski definition) is 14. The zero-order valence-electron chi connectivity index (χ0n) is 38.7. The molecule has 1 saturated heterocycles. The van der Waals surface area contributed by atoms with Crippen molar-refractivity contribution in [3.8, 4) is 23.0 Å². The second kappa shape index (κ2) is 24.2. The molecule has 0 aromatic heterocycles. The van der Waals surface area contributed by atoms with Crippen molar-refractivity contribution in [2.45, 2.75) is 57.5 Å². The number of aromatic hydroxyl groups is 1. The van der Waals surface area contributed by atoms with Crippen LogP contribution in [0.2, 0.25) is 0 Å². The third-order valence-electron chi connectivity index (χ3n) is 12.4. The Hall–Kier alpha value is -7.25. The predicted octanol–water partition coefficient (Wildman–Crippen LogP) is 6.02. The van der Waals surface area contributed by atoms with Crippen LogP contribution in [0.25, 0.3) is 0 Å². The first-order valence-corrected chi connectivity index (χ1v) is 23.0. The number of hydrogen-bond donors (Lipinski definition) is 5. The zero-order chi connectivity index (χ0) is 48.7. The Morgan fingerprint density at radius 1 is 0.768 bits per heavy atom. The lowest BCUT2D eigenvalue weighted by Gasteiger charge is -2.39.